The zero-order valence-corrected chi connectivity index (χ0v) is 16.5. The summed E-state index contributed by atoms with van der Waals surface area (Å²) in [5, 5.41) is 2.93. The van der Waals surface area contributed by atoms with Gasteiger partial charge in [0, 0.05) is 19.3 Å². The minimum atomic E-state index is -4.37. The average Bonchev–Trinajstić information content (AvgIpc) is 3.23. The number of benzene rings is 2. The lowest BCUT2D eigenvalue weighted by molar-refractivity contribution is -0.137. The molecule has 1 unspecified atom stereocenters. The highest BCUT2D eigenvalue weighted by molar-refractivity contribution is 5.81. The Morgan fingerprint density at radius 3 is 2.28 bits per heavy atom. The van der Waals surface area contributed by atoms with E-state index in [1.807, 2.05) is 30.3 Å². The molecule has 156 valence electrons. The first-order valence-electron chi connectivity index (χ1n) is 9.78. The zero-order chi connectivity index (χ0) is 20.9. The summed E-state index contributed by atoms with van der Waals surface area (Å²) in [5.41, 5.74) is 0.849. The summed E-state index contributed by atoms with van der Waals surface area (Å²) in [6, 6.07) is 14.6. The van der Waals surface area contributed by atoms with Crippen molar-refractivity contribution in [3.8, 4) is 0 Å². The van der Waals surface area contributed by atoms with E-state index in [4.69, 9.17) is 0 Å². The van der Waals surface area contributed by atoms with Gasteiger partial charge in [-0.25, -0.2) is 0 Å². The van der Waals surface area contributed by atoms with Crippen LogP contribution in [0.15, 0.2) is 54.6 Å². The molecule has 0 saturated carbocycles. The largest absolute Gasteiger partial charge is 0.416 e. The molecule has 1 amide bonds. The molecule has 1 N–H and O–H groups in total. The molecule has 1 aliphatic rings. The van der Waals surface area contributed by atoms with Crippen LogP contribution in [0.4, 0.5) is 18.9 Å². The number of nitrogens with zero attached hydrogens (tertiary/aromatic N) is 2. The van der Waals surface area contributed by atoms with Crippen LogP contribution >= 0.6 is 0 Å². The number of anilines is 1. The van der Waals surface area contributed by atoms with E-state index in [1.54, 1.807) is 11.9 Å². The van der Waals surface area contributed by atoms with Crippen LogP contribution in [0.5, 0.6) is 0 Å². The molecule has 4 nitrogen and oxygen atoms in total. The van der Waals surface area contributed by atoms with Crippen LogP contribution in [-0.4, -0.2) is 48.9 Å². The molecule has 2 aromatic rings. The minimum Gasteiger partial charge on any atom is -0.376 e. The third-order valence-electron chi connectivity index (χ3n) is 5.33. The van der Waals surface area contributed by atoms with Gasteiger partial charge in [0.25, 0.3) is 0 Å². The summed E-state index contributed by atoms with van der Waals surface area (Å²) in [5.74, 6) is -0.113. The van der Waals surface area contributed by atoms with Gasteiger partial charge in [-0.1, -0.05) is 30.3 Å². The Morgan fingerprint density at radius 2 is 1.69 bits per heavy atom. The van der Waals surface area contributed by atoms with Gasteiger partial charge in [-0.15, -0.1) is 0 Å². The number of amides is 1. The third-order valence-corrected chi connectivity index (χ3v) is 5.33. The molecule has 0 aromatic heterocycles. The molecule has 1 aliphatic heterocycles. The van der Waals surface area contributed by atoms with Crippen molar-refractivity contribution in [2.75, 3.05) is 38.5 Å². The lowest BCUT2D eigenvalue weighted by Gasteiger charge is -2.32. The van der Waals surface area contributed by atoms with E-state index in [0.29, 0.717) is 5.69 Å². The molecule has 7 heteroatoms. The molecule has 0 spiro atoms. The fourth-order valence-electron chi connectivity index (χ4n) is 3.59. The minimum absolute atomic E-state index is 0.0190. The van der Waals surface area contributed by atoms with Crippen LogP contribution in [0.2, 0.25) is 0 Å². The highest BCUT2D eigenvalue weighted by Crippen LogP contribution is 2.30. The van der Waals surface area contributed by atoms with Crippen LogP contribution in [0.25, 0.3) is 0 Å². The maximum Gasteiger partial charge on any atom is 0.416 e. The number of alkyl halides is 3. The predicted molar refractivity (Wildman–Crippen MR) is 108 cm³/mol. The zero-order valence-electron chi connectivity index (χ0n) is 16.5. The summed E-state index contributed by atoms with van der Waals surface area (Å²) in [4.78, 5) is 16.9. The summed E-state index contributed by atoms with van der Waals surface area (Å²) in [6.07, 6.45) is -2.02. The van der Waals surface area contributed by atoms with Gasteiger partial charge in [0.15, 0.2) is 0 Å². The van der Waals surface area contributed by atoms with Crippen molar-refractivity contribution in [2.24, 2.45) is 0 Å². The SMILES string of the molecule is CN(C(=O)CNc1ccc(C(F)(F)F)cc1)C(CN1CCCC1)c1ccccc1. The summed E-state index contributed by atoms with van der Waals surface area (Å²) < 4.78 is 38.0. The van der Waals surface area contributed by atoms with Gasteiger partial charge in [-0.05, 0) is 55.8 Å². The number of rotatable bonds is 7. The number of likely N-dealkylation sites (tertiary alicyclic amines) is 1. The van der Waals surface area contributed by atoms with Crippen LogP contribution in [0.3, 0.4) is 0 Å². The van der Waals surface area contributed by atoms with Crippen molar-refractivity contribution in [2.45, 2.75) is 25.1 Å². The van der Waals surface area contributed by atoms with Crippen molar-refractivity contribution in [1.29, 1.82) is 0 Å². The molecule has 29 heavy (non-hydrogen) atoms. The molecule has 1 atom stereocenters. The molecule has 0 aliphatic carbocycles. The van der Waals surface area contributed by atoms with Gasteiger partial charge < -0.3 is 15.1 Å². The monoisotopic (exact) mass is 405 g/mol. The second-order valence-electron chi connectivity index (χ2n) is 7.37. The third kappa shape index (κ3) is 5.73. The molecule has 1 fully saturated rings. The number of hydrogen-bond acceptors (Lipinski definition) is 3. The van der Waals surface area contributed by atoms with Crippen LogP contribution in [0, 0.1) is 0 Å². The molecule has 2 aromatic carbocycles. The highest BCUT2D eigenvalue weighted by Gasteiger charge is 2.30. The standard InChI is InChI=1S/C22H26F3N3O/c1-27(20(16-28-13-5-6-14-28)17-7-3-2-4-8-17)21(29)15-26-19-11-9-18(10-12-19)22(23,24)25/h2-4,7-12,20,26H,5-6,13-16H2,1H3. The summed E-state index contributed by atoms with van der Waals surface area (Å²) in [7, 11) is 1.78. The lowest BCUT2D eigenvalue weighted by atomic mass is 10.0. The van der Waals surface area contributed by atoms with Crippen LogP contribution in [0.1, 0.15) is 30.0 Å². The molecule has 1 heterocycles. The Labute approximate surface area is 169 Å². The van der Waals surface area contributed by atoms with Crippen molar-refractivity contribution >= 4 is 11.6 Å². The maximum absolute atomic E-state index is 12.8. The highest BCUT2D eigenvalue weighted by atomic mass is 19.4. The van der Waals surface area contributed by atoms with Crippen molar-refractivity contribution in [3.05, 3.63) is 65.7 Å². The number of carbonyl (C=O) groups is 1. The molecule has 0 bridgehead atoms. The Hall–Kier alpha value is -2.54. The van der Waals surface area contributed by atoms with Gasteiger partial charge >= 0.3 is 6.18 Å². The molecule has 1 saturated heterocycles. The van der Waals surface area contributed by atoms with Gasteiger partial charge in [0.2, 0.25) is 5.91 Å². The first kappa shape index (κ1) is 21.2. The predicted octanol–water partition coefficient (Wildman–Crippen LogP) is 4.41. The van der Waals surface area contributed by atoms with Gasteiger partial charge in [-0.3, -0.25) is 4.79 Å². The average molecular weight is 405 g/mol. The van der Waals surface area contributed by atoms with E-state index in [-0.39, 0.29) is 18.5 Å². The van der Waals surface area contributed by atoms with E-state index in [1.165, 1.54) is 25.0 Å². The quantitative estimate of drug-likeness (QED) is 0.741. The van der Waals surface area contributed by atoms with E-state index >= 15 is 0 Å². The Kier molecular flexibility index (Phi) is 6.79. The van der Waals surface area contributed by atoms with Gasteiger partial charge in [0.05, 0.1) is 18.2 Å². The topological polar surface area (TPSA) is 35.6 Å². The van der Waals surface area contributed by atoms with E-state index in [0.717, 1.165) is 37.3 Å². The van der Waals surface area contributed by atoms with Gasteiger partial charge in [-0.2, -0.15) is 13.2 Å². The number of nitrogens with one attached hydrogen (secondary N) is 1. The number of likely N-dealkylation sites (N-methyl/N-ethyl adjacent to an activating group) is 1. The molecule has 0 radical (unpaired) electrons. The molecular formula is C22H26F3N3O. The van der Waals surface area contributed by atoms with Crippen LogP contribution < -0.4 is 5.32 Å². The van der Waals surface area contributed by atoms with E-state index < -0.39 is 11.7 Å². The first-order chi connectivity index (χ1) is 13.8. The number of carbonyl (C=O) groups excluding carboxylic acids is 1. The summed E-state index contributed by atoms with van der Waals surface area (Å²) in [6.45, 7) is 2.86. The fraction of sp³-hybridized carbons (Fsp3) is 0.409. The smallest absolute Gasteiger partial charge is 0.376 e. The Balaban J connectivity index is 1.64. The summed E-state index contributed by atoms with van der Waals surface area (Å²) >= 11 is 0. The van der Waals surface area contributed by atoms with E-state index in [9.17, 15) is 18.0 Å². The fourth-order valence-corrected chi connectivity index (χ4v) is 3.59. The van der Waals surface area contributed by atoms with Crippen molar-refractivity contribution < 1.29 is 18.0 Å². The Morgan fingerprint density at radius 1 is 1.07 bits per heavy atom. The Bertz CT molecular complexity index is 787. The second kappa shape index (κ2) is 9.31. The lowest BCUT2D eigenvalue weighted by Crippen LogP contribution is -2.40. The number of halogens is 3. The van der Waals surface area contributed by atoms with Crippen molar-refractivity contribution in [1.82, 2.24) is 9.80 Å². The molecule has 3 rings (SSSR count). The normalized spacial score (nSPS) is 15.9. The van der Waals surface area contributed by atoms with Gasteiger partial charge in [0.1, 0.15) is 0 Å². The first-order valence-corrected chi connectivity index (χ1v) is 9.78. The van der Waals surface area contributed by atoms with E-state index in [2.05, 4.69) is 10.2 Å². The number of hydrogen-bond donors (Lipinski definition) is 1. The van der Waals surface area contributed by atoms with Crippen molar-refractivity contribution in [3.63, 3.8) is 0 Å². The second-order valence-corrected chi connectivity index (χ2v) is 7.37. The van der Waals surface area contributed by atoms with Crippen LogP contribution in [-0.2, 0) is 11.0 Å². The molecular weight excluding hydrogens is 379 g/mol. The maximum atomic E-state index is 12.8.